The predicted molar refractivity (Wildman–Crippen MR) is 72.7 cm³/mol. The Labute approximate surface area is 119 Å². The Hall–Kier alpha value is -1.56. The van der Waals surface area contributed by atoms with Gasteiger partial charge in [-0.2, -0.15) is 0 Å². The van der Waals surface area contributed by atoms with Gasteiger partial charge in [-0.15, -0.1) is 0 Å². The van der Waals surface area contributed by atoms with Gasteiger partial charge >= 0.3 is 5.97 Å². The van der Waals surface area contributed by atoms with Crippen molar-refractivity contribution in [3.05, 3.63) is 11.8 Å². The Balaban J connectivity index is 2.67. The normalized spacial score (nSPS) is 14.1. The summed E-state index contributed by atoms with van der Waals surface area (Å²) < 4.78 is 20.8. The molecular formula is C14H23NO5. The highest BCUT2D eigenvalue weighted by Gasteiger charge is 2.29. The summed E-state index contributed by atoms with van der Waals surface area (Å²) in [4.78, 5) is 11.7. The Morgan fingerprint density at radius 2 is 2.10 bits per heavy atom. The van der Waals surface area contributed by atoms with Gasteiger partial charge < -0.3 is 18.7 Å². The quantitative estimate of drug-likeness (QED) is 0.683. The standard InChI is InChI=1S/C14H23NO5/c1-6-18-10(4)8-19-12-7-11(20-15-12)13(9(2)3)14(16)17-5/h7,9-10,13H,6,8H2,1-5H3. The van der Waals surface area contributed by atoms with E-state index in [9.17, 15) is 4.79 Å². The molecule has 1 aromatic rings. The van der Waals surface area contributed by atoms with Crippen molar-refractivity contribution in [1.82, 2.24) is 5.16 Å². The van der Waals surface area contributed by atoms with Crippen molar-refractivity contribution in [2.45, 2.75) is 39.7 Å². The van der Waals surface area contributed by atoms with Gasteiger partial charge in [0.25, 0.3) is 5.88 Å². The molecule has 1 heterocycles. The first-order valence-electron chi connectivity index (χ1n) is 6.78. The van der Waals surface area contributed by atoms with Crippen molar-refractivity contribution in [3.63, 3.8) is 0 Å². The van der Waals surface area contributed by atoms with E-state index in [1.54, 1.807) is 6.07 Å². The van der Waals surface area contributed by atoms with E-state index in [1.165, 1.54) is 7.11 Å². The molecule has 0 spiro atoms. The minimum Gasteiger partial charge on any atom is -0.473 e. The molecule has 114 valence electrons. The van der Waals surface area contributed by atoms with E-state index in [4.69, 9.17) is 18.7 Å². The Morgan fingerprint density at radius 3 is 2.65 bits per heavy atom. The van der Waals surface area contributed by atoms with Crippen molar-refractivity contribution in [2.24, 2.45) is 5.92 Å². The molecule has 0 saturated heterocycles. The van der Waals surface area contributed by atoms with Crippen LogP contribution >= 0.6 is 0 Å². The van der Waals surface area contributed by atoms with Crippen LogP contribution in [0.5, 0.6) is 5.88 Å². The van der Waals surface area contributed by atoms with Gasteiger partial charge in [0.1, 0.15) is 12.5 Å². The summed E-state index contributed by atoms with van der Waals surface area (Å²) in [5, 5.41) is 3.81. The van der Waals surface area contributed by atoms with Crippen molar-refractivity contribution in [3.8, 4) is 5.88 Å². The van der Waals surface area contributed by atoms with E-state index < -0.39 is 5.92 Å². The molecule has 6 heteroatoms. The molecule has 0 amide bonds. The molecule has 0 radical (unpaired) electrons. The van der Waals surface area contributed by atoms with Crippen LogP contribution in [0.15, 0.2) is 10.6 Å². The predicted octanol–water partition coefficient (Wildman–Crippen LogP) is 2.39. The van der Waals surface area contributed by atoms with Gasteiger partial charge in [-0.05, 0) is 24.9 Å². The second-order valence-corrected chi connectivity index (χ2v) is 4.89. The van der Waals surface area contributed by atoms with Crippen LogP contribution in [0.3, 0.4) is 0 Å². The maximum atomic E-state index is 11.7. The number of carbonyl (C=O) groups is 1. The van der Waals surface area contributed by atoms with Gasteiger partial charge in [-0.25, -0.2) is 0 Å². The highest BCUT2D eigenvalue weighted by atomic mass is 16.6. The molecule has 0 bridgehead atoms. The molecule has 0 saturated carbocycles. The fourth-order valence-electron chi connectivity index (χ4n) is 1.87. The summed E-state index contributed by atoms with van der Waals surface area (Å²) in [5.74, 6) is 0.0252. The van der Waals surface area contributed by atoms with Crippen molar-refractivity contribution in [1.29, 1.82) is 0 Å². The molecule has 2 atom stereocenters. The van der Waals surface area contributed by atoms with Crippen LogP contribution in [0.4, 0.5) is 0 Å². The van der Waals surface area contributed by atoms with E-state index in [1.807, 2.05) is 27.7 Å². The average Bonchev–Trinajstić information content (AvgIpc) is 2.84. The topological polar surface area (TPSA) is 70.8 Å². The van der Waals surface area contributed by atoms with Crippen LogP contribution in [0, 0.1) is 5.92 Å². The van der Waals surface area contributed by atoms with Crippen molar-refractivity contribution in [2.75, 3.05) is 20.3 Å². The molecule has 0 fully saturated rings. The second-order valence-electron chi connectivity index (χ2n) is 4.89. The molecule has 6 nitrogen and oxygen atoms in total. The number of ether oxygens (including phenoxy) is 3. The van der Waals surface area contributed by atoms with Crippen LogP contribution in [0.2, 0.25) is 0 Å². The van der Waals surface area contributed by atoms with Crippen LogP contribution in [-0.2, 0) is 14.3 Å². The third-order valence-corrected chi connectivity index (χ3v) is 2.85. The number of hydrogen-bond donors (Lipinski definition) is 0. The lowest BCUT2D eigenvalue weighted by molar-refractivity contribution is -0.144. The zero-order chi connectivity index (χ0) is 15.1. The molecule has 0 aliphatic carbocycles. The zero-order valence-electron chi connectivity index (χ0n) is 12.7. The van der Waals surface area contributed by atoms with Gasteiger partial charge in [0, 0.05) is 12.7 Å². The number of nitrogens with zero attached hydrogens (tertiary/aromatic N) is 1. The molecule has 0 aliphatic rings. The zero-order valence-corrected chi connectivity index (χ0v) is 12.7. The number of esters is 1. The summed E-state index contributed by atoms with van der Waals surface area (Å²) in [7, 11) is 1.36. The molecule has 1 rings (SSSR count). The molecule has 20 heavy (non-hydrogen) atoms. The van der Waals surface area contributed by atoms with Gasteiger partial charge in [0.15, 0.2) is 5.76 Å². The minimum absolute atomic E-state index is 0.0262. The smallest absolute Gasteiger partial charge is 0.316 e. The Morgan fingerprint density at radius 1 is 1.40 bits per heavy atom. The molecule has 0 aromatic carbocycles. The lowest BCUT2D eigenvalue weighted by atomic mass is 9.93. The average molecular weight is 285 g/mol. The maximum Gasteiger partial charge on any atom is 0.316 e. The molecule has 2 unspecified atom stereocenters. The van der Waals surface area contributed by atoms with E-state index in [0.29, 0.717) is 24.9 Å². The highest BCUT2D eigenvalue weighted by molar-refractivity contribution is 5.77. The summed E-state index contributed by atoms with van der Waals surface area (Å²) in [5.41, 5.74) is 0. The van der Waals surface area contributed by atoms with Crippen LogP contribution in [0.25, 0.3) is 0 Å². The lowest BCUT2D eigenvalue weighted by Crippen LogP contribution is -2.19. The summed E-state index contributed by atoms with van der Waals surface area (Å²) in [6, 6.07) is 1.63. The van der Waals surface area contributed by atoms with Gasteiger partial charge in [-0.1, -0.05) is 13.8 Å². The Kier molecular flexibility index (Phi) is 6.51. The molecule has 1 aromatic heterocycles. The Bertz CT molecular complexity index is 415. The fourth-order valence-corrected chi connectivity index (χ4v) is 1.87. The van der Waals surface area contributed by atoms with E-state index >= 15 is 0 Å². The number of carbonyl (C=O) groups excluding carboxylic acids is 1. The fraction of sp³-hybridized carbons (Fsp3) is 0.714. The van der Waals surface area contributed by atoms with Crippen molar-refractivity contribution >= 4 is 5.97 Å². The van der Waals surface area contributed by atoms with Gasteiger partial charge in [0.2, 0.25) is 0 Å². The number of methoxy groups -OCH3 is 1. The van der Waals surface area contributed by atoms with Crippen molar-refractivity contribution < 1.29 is 23.5 Å². The molecule has 0 aliphatic heterocycles. The SMILES string of the molecule is CCOC(C)COc1cc(C(C(=O)OC)C(C)C)on1. The first-order valence-corrected chi connectivity index (χ1v) is 6.78. The maximum absolute atomic E-state index is 11.7. The first kappa shape index (κ1) is 16.5. The van der Waals surface area contributed by atoms with E-state index in [2.05, 4.69) is 5.16 Å². The largest absolute Gasteiger partial charge is 0.473 e. The second kappa shape index (κ2) is 7.89. The molecule has 0 N–H and O–H groups in total. The van der Waals surface area contributed by atoms with Crippen LogP contribution < -0.4 is 4.74 Å². The van der Waals surface area contributed by atoms with E-state index in [0.717, 1.165) is 0 Å². The number of hydrogen-bond acceptors (Lipinski definition) is 6. The highest BCUT2D eigenvalue weighted by Crippen LogP contribution is 2.28. The summed E-state index contributed by atoms with van der Waals surface area (Å²) in [6.07, 6.45) is -0.0262. The lowest BCUT2D eigenvalue weighted by Gasteiger charge is -2.14. The number of aromatic nitrogens is 1. The third kappa shape index (κ3) is 4.52. The first-order chi connectivity index (χ1) is 9.49. The van der Waals surface area contributed by atoms with Crippen LogP contribution in [-0.4, -0.2) is 37.6 Å². The third-order valence-electron chi connectivity index (χ3n) is 2.85. The number of rotatable bonds is 8. The monoisotopic (exact) mass is 285 g/mol. The molecular weight excluding hydrogens is 262 g/mol. The van der Waals surface area contributed by atoms with E-state index in [-0.39, 0.29) is 18.0 Å². The summed E-state index contributed by atoms with van der Waals surface area (Å²) >= 11 is 0. The van der Waals surface area contributed by atoms with Crippen LogP contribution in [0.1, 0.15) is 39.4 Å². The summed E-state index contributed by atoms with van der Waals surface area (Å²) in [6.45, 7) is 8.69. The minimum atomic E-state index is -0.478. The van der Waals surface area contributed by atoms with Gasteiger partial charge in [-0.3, -0.25) is 4.79 Å². The van der Waals surface area contributed by atoms with Gasteiger partial charge in [0.05, 0.1) is 13.2 Å².